The van der Waals surface area contributed by atoms with Gasteiger partial charge in [0, 0.05) is 23.9 Å². The van der Waals surface area contributed by atoms with E-state index in [1.165, 1.54) is 0 Å². The molecule has 1 aliphatic rings. The van der Waals surface area contributed by atoms with Gasteiger partial charge in [-0.1, -0.05) is 6.42 Å². The Morgan fingerprint density at radius 2 is 1.96 bits per heavy atom. The first-order valence-corrected chi connectivity index (χ1v) is 9.49. The zero-order chi connectivity index (χ0) is 17.7. The molecule has 1 aromatic rings. The number of thioether (sulfide) groups is 1. The highest BCUT2D eigenvalue weighted by molar-refractivity contribution is 7.99. The van der Waals surface area contributed by atoms with Crippen LogP contribution in [0.1, 0.15) is 40.7 Å². The van der Waals surface area contributed by atoms with Crippen LogP contribution in [0.4, 0.5) is 0 Å². The lowest BCUT2D eigenvalue weighted by atomic mass is 10.0. The molecule has 5 nitrogen and oxygen atoms in total. The molecule has 24 heavy (non-hydrogen) atoms. The van der Waals surface area contributed by atoms with E-state index in [1.54, 1.807) is 12.1 Å². The second-order valence-corrected chi connectivity index (χ2v) is 7.36. The van der Waals surface area contributed by atoms with Crippen LogP contribution in [-0.2, 0) is 4.79 Å². The van der Waals surface area contributed by atoms with Crippen molar-refractivity contribution in [3.63, 3.8) is 0 Å². The second-order valence-electron chi connectivity index (χ2n) is 6.23. The molecule has 6 heteroatoms. The van der Waals surface area contributed by atoms with E-state index in [2.05, 4.69) is 6.26 Å². The van der Waals surface area contributed by atoms with E-state index >= 15 is 0 Å². The summed E-state index contributed by atoms with van der Waals surface area (Å²) in [6, 6.07) is 3.59. The summed E-state index contributed by atoms with van der Waals surface area (Å²) in [7, 11) is 0. The molecule has 1 N–H and O–H groups in total. The highest BCUT2D eigenvalue weighted by Gasteiger charge is 2.23. The van der Waals surface area contributed by atoms with Gasteiger partial charge in [-0.3, -0.25) is 4.79 Å². The Hall–Kier alpha value is -1.69. The predicted molar refractivity (Wildman–Crippen MR) is 96.1 cm³/mol. The van der Waals surface area contributed by atoms with Gasteiger partial charge >= 0.3 is 5.97 Å². The molecule has 0 aromatic heterocycles. The fraction of sp³-hybridized carbons (Fsp3) is 0.556. The van der Waals surface area contributed by atoms with E-state index < -0.39 is 5.97 Å². The van der Waals surface area contributed by atoms with Crippen LogP contribution >= 0.6 is 11.8 Å². The third-order valence-corrected chi connectivity index (χ3v) is 5.35. The van der Waals surface area contributed by atoms with E-state index in [-0.39, 0.29) is 12.5 Å². The molecule has 1 aliphatic heterocycles. The molecular weight excluding hydrogens is 326 g/mol. The number of carbonyl (C=O) groups excluding carboxylic acids is 1. The van der Waals surface area contributed by atoms with Gasteiger partial charge in [0.1, 0.15) is 5.75 Å². The van der Waals surface area contributed by atoms with Gasteiger partial charge in [-0.15, -0.1) is 0 Å². The van der Waals surface area contributed by atoms with Crippen molar-refractivity contribution in [1.82, 2.24) is 4.90 Å². The largest absolute Gasteiger partial charge is 0.481 e. The number of carbonyl (C=O) groups is 2. The molecule has 0 bridgehead atoms. The van der Waals surface area contributed by atoms with Gasteiger partial charge in [0.15, 0.2) is 6.61 Å². The van der Waals surface area contributed by atoms with Gasteiger partial charge in [0.2, 0.25) is 0 Å². The van der Waals surface area contributed by atoms with E-state index in [4.69, 9.17) is 9.84 Å². The lowest BCUT2D eigenvalue weighted by molar-refractivity contribution is -0.139. The van der Waals surface area contributed by atoms with E-state index in [0.29, 0.717) is 16.6 Å². The van der Waals surface area contributed by atoms with Gasteiger partial charge in [-0.05, 0) is 56.2 Å². The van der Waals surface area contributed by atoms with Crippen molar-refractivity contribution in [3.05, 3.63) is 28.8 Å². The maximum Gasteiger partial charge on any atom is 0.341 e. The first-order chi connectivity index (χ1) is 11.4. The summed E-state index contributed by atoms with van der Waals surface area (Å²) in [6.07, 6.45) is 5.46. The summed E-state index contributed by atoms with van der Waals surface area (Å²) in [5.74, 6) is -0.416. The number of aliphatic carboxylic acids is 1. The molecule has 132 valence electrons. The van der Waals surface area contributed by atoms with E-state index in [9.17, 15) is 9.59 Å². The number of likely N-dealkylation sites (tertiary alicyclic amines) is 1. The zero-order valence-electron chi connectivity index (χ0n) is 14.5. The summed E-state index contributed by atoms with van der Waals surface area (Å²) < 4.78 is 5.34. The molecule has 1 fully saturated rings. The first-order valence-electron chi connectivity index (χ1n) is 8.20. The minimum Gasteiger partial charge on any atom is -0.481 e. The maximum absolute atomic E-state index is 12.9. The Morgan fingerprint density at radius 3 is 2.54 bits per heavy atom. The number of amides is 1. The number of carboxylic acids is 1. The second kappa shape index (κ2) is 8.42. The number of ether oxygens (including phenoxy) is 1. The molecular formula is C18H25NO4S. The molecule has 1 saturated heterocycles. The average Bonchev–Trinajstić information content (AvgIpc) is 2.78. The van der Waals surface area contributed by atoms with Crippen LogP contribution in [-0.4, -0.2) is 53.1 Å². The third kappa shape index (κ3) is 4.66. The summed E-state index contributed by atoms with van der Waals surface area (Å²) in [5, 5.41) is 9.25. The third-order valence-electron chi connectivity index (χ3n) is 4.30. The van der Waals surface area contributed by atoms with Crippen LogP contribution < -0.4 is 4.74 Å². The minimum absolute atomic E-state index is 0.0481. The number of benzene rings is 1. The van der Waals surface area contributed by atoms with Crippen molar-refractivity contribution >= 4 is 23.6 Å². The van der Waals surface area contributed by atoms with Crippen molar-refractivity contribution in [2.45, 2.75) is 38.4 Å². The van der Waals surface area contributed by atoms with Crippen molar-refractivity contribution in [2.75, 3.05) is 26.0 Å². The van der Waals surface area contributed by atoms with Gasteiger partial charge in [-0.25, -0.2) is 4.79 Å². The summed E-state index contributed by atoms with van der Waals surface area (Å²) >= 11 is 1.82. The number of rotatable bonds is 5. The van der Waals surface area contributed by atoms with Gasteiger partial charge in [0.05, 0.1) is 0 Å². The number of nitrogens with zero attached hydrogens (tertiary/aromatic N) is 1. The number of hydrogen-bond donors (Lipinski definition) is 1. The van der Waals surface area contributed by atoms with E-state index in [0.717, 1.165) is 43.5 Å². The molecule has 0 spiro atoms. The molecule has 1 atom stereocenters. The molecule has 2 rings (SSSR count). The van der Waals surface area contributed by atoms with Crippen molar-refractivity contribution in [3.8, 4) is 5.75 Å². The van der Waals surface area contributed by atoms with Gasteiger partial charge in [-0.2, -0.15) is 11.8 Å². The first kappa shape index (κ1) is 18.6. The standard InChI is InChI=1S/C18H25NO4S/c1-12-8-14(9-13(2)17(12)23-11-16(20)21)18(22)19-7-5-4-6-15(10-19)24-3/h8-9,15H,4-7,10-11H2,1-3H3,(H,20,21). The van der Waals surface area contributed by atoms with Crippen LogP contribution in [0.5, 0.6) is 5.75 Å². The smallest absolute Gasteiger partial charge is 0.341 e. The molecule has 1 aromatic carbocycles. The average molecular weight is 351 g/mol. The predicted octanol–water partition coefficient (Wildman–Crippen LogP) is 3.12. The lowest BCUT2D eigenvalue weighted by Gasteiger charge is -2.24. The fourth-order valence-corrected chi connectivity index (χ4v) is 3.83. The van der Waals surface area contributed by atoms with Crippen molar-refractivity contribution in [2.24, 2.45) is 0 Å². The number of hydrogen-bond acceptors (Lipinski definition) is 4. The van der Waals surface area contributed by atoms with Gasteiger partial charge < -0.3 is 14.7 Å². The van der Waals surface area contributed by atoms with Gasteiger partial charge in [0.25, 0.3) is 5.91 Å². The molecule has 1 heterocycles. The molecule has 0 aliphatic carbocycles. The topological polar surface area (TPSA) is 66.8 Å². The molecule has 0 saturated carbocycles. The monoisotopic (exact) mass is 351 g/mol. The fourth-order valence-electron chi connectivity index (χ4n) is 3.10. The Balaban J connectivity index is 2.18. The Kier molecular flexibility index (Phi) is 6.54. The highest BCUT2D eigenvalue weighted by Crippen LogP contribution is 2.27. The minimum atomic E-state index is -1.01. The van der Waals surface area contributed by atoms with Crippen LogP contribution in [0.3, 0.4) is 0 Å². The molecule has 1 unspecified atom stereocenters. The van der Waals surface area contributed by atoms with Crippen LogP contribution in [0.2, 0.25) is 0 Å². The normalized spacial score (nSPS) is 18.1. The number of aryl methyl sites for hydroxylation is 2. The van der Waals surface area contributed by atoms with Crippen LogP contribution in [0.25, 0.3) is 0 Å². The SMILES string of the molecule is CSC1CCCCN(C(=O)c2cc(C)c(OCC(=O)O)c(C)c2)C1. The van der Waals surface area contributed by atoms with E-state index in [1.807, 2.05) is 30.5 Å². The maximum atomic E-state index is 12.9. The Labute approximate surface area is 147 Å². The zero-order valence-corrected chi connectivity index (χ0v) is 15.3. The summed E-state index contributed by atoms with van der Waals surface area (Å²) in [4.78, 5) is 25.5. The van der Waals surface area contributed by atoms with Crippen molar-refractivity contribution in [1.29, 1.82) is 0 Å². The summed E-state index contributed by atoms with van der Waals surface area (Å²) in [6.45, 7) is 4.89. The summed E-state index contributed by atoms with van der Waals surface area (Å²) in [5.41, 5.74) is 2.22. The van der Waals surface area contributed by atoms with Crippen LogP contribution in [0, 0.1) is 13.8 Å². The Morgan fingerprint density at radius 1 is 1.29 bits per heavy atom. The lowest BCUT2D eigenvalue weighted by Crippen LogP contribution is -2.35. The van der Waals surface area contributed by atoms with Crippen molar-refractivity contribution < 1.29 is 19.4 Å². The Bertz CT molecular complexity index is 594. The number of carboxylic acid groups (broad SMARTS) is 1. The quantitative estimate of drug-likeness (QED) is 0.883. The van der Waals surface area contributed by atoms with Crippen LogP contribution in [0.15, 0.2) is 12.1 Å². The highest BCUT2D eigenvalue weighted by atomic mass is 32.2. The molecule has 0 radical (unpaired) electrons. The molecule has 1 amide bonds.